The number of carbonyl (C=O) groups is 4. The van der Waals surface area contributed by atoms with Gasteiger partial charge in [-0.1, -0.05) is 13.8 Å². The second kappa shape index (κ2) is 9.79. The molecule has 0 bridgehead atoms. The fourth-order valence-corrected chi connectivity index (χ4v) is 6.25. The number of carbonyl (C=O) groups excluding carboxylic acids is 4. The summed E-state index contributed by atoms with van der Waals surface area (Å²) in [5, 5.41) is 8.54. The maximum absolute atomic E-state index is 13.0. The highest BCUT2D eigenvalue weighted by Crippen LogP contribution is 2.41. The Morgan fingerprint density at radius 1 is 1.06 bits per heavy atom. The zero-order valence-corrected chi connectivity index (χ0v) is 19.4. The number of fused-ring (bicyclic) bond motifs is 1. The molecule has 5 amide bonds. The van der Waals surface area contributed by atoms with Gasteiger partial charge in [-0.3, -0.25) is 19.7 Å². The van der Waals surface area contributed by atoms with E-state index in [2.05, 4.69) is 29.8 Å². The minimum Gasteiger partial charge on any atom is -0.338 e. The SMILES string of the molecule is CC(C)C1CCC(NC(=O)NCC2CCC3CN(C4CCC(=O)NC4=O)C(=O)C3C2)CC1. The van der Waals surface area contributed by atoms with E-state index in [1.807, 2.05) is 0 Å². The van der Waals surface area contributed by atoms with Crippen molar-refractivity contribution >= 4 is 23.8 Å². The van der Waals surface area contributed by atoms with Crippen molar-refractivity contribution < 1.29 is 19.2 Å². The van der Waals surface area contributed by atoms with Crippen LogP contribution in [0.5, 0.6) is 0 Å². The van der Waals surface area contributed by atoms with Gasteiger partial charge in [0.15, 0.2) is 0 Å². The lowest BCUT2D eigenvalue weighted by Crippen LogP contribution is -2.53. The molecule has 8 nitrogen and oxygen atoms in total. The molecule has 178 valence electrons. The average molecular weight is 447 g/mol. The van der Waals surface area contributed by atoms with E-state index >= 15 is 0 Å². The molecule has 4 fully saturated rings. The standard InChI is InChI=1S/C24H38N4O4/c1-14(2)16-5-7-18(8-6-16)26-24(32)25-12-15-3-4-17-13-28(23(31)19(17)11-15)20-9-10-21(29)27-22(20)30/h14-20H,3-13H2,1-2H3,(H2,25,26,32)(H,27,29,30). The highest BCUT2D eigenvalue weighted by molar-refractivity contribution is 6.02. The van der Waals surface area contributed by atoms with E-state index in [1.165, 1.54) is 12.8 Å². The number of likely N-dealkylation sites (tertiary alicyclic amines) is 1. The van der Waals surface area contributed by atoms with E-state index in [0.29, 0.717) is 25.4 Å². The molecule has 2 saturated carbocycles. The molecule has 4 unspecified atom stereocenters. The van der Waals surface area contributed by atoms with Crippen molar-refractivity contribution in [2.45, 2.75) is 83.7 Å². The summed E-state index contributed by atoms with van der Waals surface area (Å²) in [7, 11) is 0. The topological polar surface area (TPSA) is 108 Å². The lowest BCUT2D eigenvalue weighted by molar-refractivity contribution is -0.145. The van der Waals surface area contributed by atoms with Crippen molar-refractivity contribution in [2.75, 3.05) is 13.1 Å². The molecule has 0 aromatic carbocycles. The van der Waals surface area contributed by atoms with E-state index in [0.717, 1.165) is 38.0 Å². The second-order valence-corrected chi connectivity index (χ2v) is 10.7. The minimum atomic E-state index is -0.515. The molecule has 2 aliphatic heterocycles. The summed E-state index contributed by atoms with van der Waals surface area (Å²) >= 11 is 0. The Bertz CT molecular complexity index is 746. The van der Waals surface area contributed by atoms with Crippen molar-refractivity contribution in [3.63, 3.8) is 0 Å². The van der Waals surface area contributed by atoms with Gasteiger partial charge in [0.1, 0.15) is 6.04 Å². The number of amides is 5. The maximum atomic E-state index is 13.0. The van der Waals surface area contributed by atoms with Gasteiger partial charge in [-0.2, -0.15) is 0 Å². The number of urea groups is 1. The van der Waals surface area contributed by atoms with Gasteiger partial charge in [0.2, 0.25) is 17.7 Å². The molecule has 2 saturated heterocycles. The lowest BCUT2D eigenvalue weighted by atomic mass is 9.75. The third kappa shape index (κ3) is 5.09. The molecule has 0 radical (unpaired) electrons. The summed E-state index contributed by atoms with van der Waals surface area (Å²) < 4.78 is 0. The van der Waals surface area contributed by atoms with Gasteiger partial charge in [-0.05, 0) is 75.0 Å². The molecule has 32 heavy (non-hydrogen) atoms. The van der Waals surface area contributed by atoms with Crippen molar-refractivity contribution in [2.24, 2.45) is 29.6 Å². The first kappa shape index (κ1) is 23.1. The highest BCUT2D eigenvalue weighted by Gasteiger charge is 2.48. The van der Waals surface area contributed by atoms with Crippen LogP contribution in [0.15, 0.2) is 0 Å². The summed E-state index contributed by atoms with van der Waals surface area (Å²) in [6, 6.07) is -0.346. The van der Waals surface area contributed by atoms with Crippen LogP contribution in [-0.4, -0.2) is 53.8 Å². The van der Waals surface area contributed by atoms with E-state index in [-0.39, 0.29) is 54.0 Å². The number of hydrogen-bond acceptors (Lipinski definition) is 4. The highest BCUT2D eigenvalue weighted by atomic mass is 16.2. The van der Waals surface area contributed by atoms with Crippen LogP contribution in [0, 0.1) is 29.6 Å². The summed E-state index contributed by atoms with van der Waals surface area (Å²) in [5.74, 6) is 1.41. The van der Waals surface area contributed by atoms with Crippen LogP contribution in [0.1, 0.15) is 71.6 Å². The van der Waals surface area contributed by atoms with Gasteiger partial charge >= 0.3 is 6.03 Å². The van der Waals surface area contributed by atoms with Crippen LogP contribution in [0.2, 0.25) is 0 Å². The summed E-state index contributed by atoms with van der Waals surface area (Å²) in [6.07, 6.45) is 7.84. The predicted octanol–water partition coefficient (Wildman–Crippen LogP) is 2.18. The predicted molar refractivity (Wildman–Crippen MR) is 119 cm³/mol. The molecular weight excluding hydrogens is 408 g/mol. The third-order valence-corrected chi connectivity index (χ3v) is 8.32. The van der Waals surface area contributed by atoms with Crippen LogP contribution in [0.4, 0.5) is 4.79 Å². The molecular formula is C24H38N4O4. The van der Waals surface area contributed by atoms with Gasteiger partial charge in [0.25, 0.3) is 0 Å². The molecule has 2 aliphatic carbocycles. The van der Waals surface area contributed by atoms with Crippen LogP contribution >= 0.6 is 0 Å². The molecule has 4 aliphatic rings. The number of hydrogen-bond donors (Lipinski definition) is 3. The summed E-state index contributed by atoms with van der Waals surface area (Å²) in [6.45, 7) is 5.75. The third-order valence-electron chi connectivity index (χ3n) is 8.32. The Morgan fingerprint density at radius 3 is 2.50 bits per heavy atom. The first-order chi connectivity index (χ1) is 15.3. The van der Waals surface area contributed by atoms with E-state index in [4.69, 9.17) is 0 Å². The molecule has 2 heterocycles. The van der Waals surface area contributed by atoms with Crippen molar-refractivity contribution in [1.29, 1.82) is 0 Å². The smallest absolute Gasteiger partial charge is 0.315 e. The lowest BCUT2D eigenvalue weighted by Gasteiger charge is -2.32. The zero-order valence-electron chi connectivity index (χ0n) is 19.4. The van der Waals surface area contributed by atoms with Crippen LogP contribution in [0.25, 0.3) is 0 Å². The Labute approximate surface area is 190 Å². The molecule has 3 N–H and O–H groups in total. The van der Waals surface area contributed by atoms with E-state index in [9.17, 15) is 19.2 Å². The normalized spacial score (nSPS) is 35.5. The first-order valence-electron chi connectivity index (χ1n) is 12.5. The van der Waals surface area contributed by atoms with Gasteiger partial charge in [-0.25, -0.2) is 4.79 Å². The van der Waals surface area contributed by atoms with Crippen molar-refractivity contribution in [3.05, 3.63) is 0 Å². The molecule has 0 aromatic heterocycles. The van der Waals surface area contributed by atoms with Gasteiger partial charge in [0, 0.05) is 31.5 Å². The Balaban J connectivity index is 1.21. The second-order valence-electron chi connectivity index (χ2n) is 10.7. The summed E-state index contributed by atoms with van der Waals surface area (Å²) in [4.78, 5) is 50.8. The van der Waals surface area contributed by atoms with Crippen LogP contribution in [0.3, 0.4) is 0 Å². The largest absolute Gasteiger partial charge is 0.338 e. The number of nitrogens with zero attached hydrogens (tertiary/aromatic N) is 1. The number of rotatable bonds is 5. The number of nitrogens with one attached hydrogen (secondary N) is 3. The minimum absolute atomic E-state index is 0.0422. The molecule has 0 spiro atoms. The number of imide groups is 1. The monoisotopic (exact) mass is 446 g/mol. The van der Waals surface area contributed by atoms with Gasteiger partial charge in [0.05, 0.1) is 0 Å². The molecule has 4 rings (SSSR count). The molecule has 0 aromatic rings. The summed E-state index contributed by atoms with van der Waals surface area (Å²) in [5.41, 5.74) is 0. The molecule has 4 atom stereocenters. The quantitative estimate of drug-likeness (QED) is 0.563. The Hall–Kier alpha value is -2.12. The number of piperidine rings is 1. The first-order valence-corrected chi connectivity index (χ1v) is 12.5. The van der Waals surface area contributed by atoms with Crippen LogP contribution in [-0.2, 0) is 14.4 Å². The van der Waals surface area contributed by atoms with E-state index in [1.54, 1.807) is 4.90 Å². The Kier molecular flexibility index (Phi) is 7.05. The zero-order chi connectivity index (χ0) is 22.8. The van der Waals surface area contributed by atoms with Crippen molar-refractivity contribution in [1.82, 2.24) is 20.9 Å². The van der Waals surface area contributed by atoms with E-state index < -0.39 is 6.04 Å². The average Bonchev–Trinajstić information content (AvgIpc) is 3.08. The van der Waals surface area contributed by atoms with Gasteiger partial charge < -0.3 is 15.5 Å². The molecule has 8 heteroatoms. The fourth-order valence-electron chi connectivity index (χ4n) is 6.25. The van der Waals surface area contributed by atoms with Gasteiger partial charge in [-0.15, -0.1) is 0 Å². The Morgan fingerprint density at radius 2 is 1.81 bits per heavy atom. The fraction of sp³-hybridized carbons (Fsp3) is 0.833. The van der Waals surface area contributed by atoms with Crippen LogP contribution < -0.4 is 16.0 Å². The maximum Gasteiger partial charge on any atom is 0.315 e. The van der Waals surface area contributed by atoms with Crippen molar-refractivity contribution in [3.8, 4) is 0 Å².